The van der Waals surface area contributed by atoms with E-state index in [-0.39, 0.29) is 17.9 Å². The van der Waals surface area contributed by atoms with Crippen molar-refractivity contribution in [3.05, 3.63) is 0 Å². The van der Waals surface area contributed by atoms with Crippen molar-refractivity contribution in [2.45, 2.75) is 45.2 Å². The van der Waals surface area contributed by atoms with Gasteiger partial charge in [-0.15, -0.1) is 0 Å². The fraction of sp³-hybridized carbons (Fsp3) is 0.769. The highest BCUT2D eigenvalue weighted by Crippen LogP contribution is 2.15. The number of carbonyl (C=O) groups is 2. The lowest BCUT2D eigenvalue weighted by Crippen LogP contribution is -2.51. The quantitative estimate of drug-likeness (QED) is 0.623. The Bertz CT molecular complexity index is 394. The molecule has 1 heterocycles. The van der Waals surface area contributed by atoms with Gasteiger partial charge in [0.2, 0.25) is 5.91 Å². The van der Waals surface area contributed by atoms with Crippen LogP contribution in [0.25, 0.3) is 0 Å². The largest absolute Gasteiger partial charge is 0.465 e. The zero-order valence-corrected chi connectivity index (χ0v) is 11.9. The van der Waals surface area contributed by atoms with E-state index in [1.54, 1.807) is 4.90 Å². The first-order valence-corrected chi connectivity index (χ1v) is 6.93. The number of nitrogens with one attached hydrogen (secondary N) is 2. The van der Waals surface area contributed by atoms with E-state index in [0.29, 0.717) is 13.0 Å². The van der Waals surface area contributed by atoms with Crippen LogP contribution in [0.4, 0.5) is 4.79 Å². The van der Waals surface area contributed by atoms with Crippen LogP contribution >= 0.6 is 0 Å². The number of hydrogen-bond donors (Lipinski definition) is 3. The van der Waals surface area contributed by atoms with E-state index in [4.69, 9.17) is 10.4 Å². The lowest BCUT2D eigenvalue weighted by Gasteiger charge is -2.24. The number of likely N-dealkylation sites (tertiary alicyclic amines) is 1. The Labute approximate surface area is 118 Å². The van der Waals surface area contributed by atoms with Crippen LogP contribution in [0.5, 0.6) is 0 Å². The molecule has 1 saturated heterocycles. The van der Waals surface area contributed by atoms with Crippen LogP contribution in [0.3, 0.4) is 0 Å². The molecule has 3 atom stereocenters. The van der Waals surface area contributed by atoms with Crippen LogP contribution in [-0.4, -0.2) is 47.2 Å². The van der Waals surface area contributed by atoms with Crippen LogP contribution in [0, 0.1) is 17.4 Å². The van der Waals surface area contributed by atoms with Crippen molar-refractivity contribution in [3.63, 3.8) is 0 Å². The van der Waals surface area contributed by atoms with Crippen LogP contribution in [0.1, 0.15) is 33.1 Å². The van der Waals surface area contributed by atoms with Gasteiger partial charge in [0.1, 0.15) is 6.04 Å². The van der Waals surface area contributed by atoms with Crippen molar-refractivity contribution in [1.29, 1.82) is 5.26 Å². The SMILES string of the molecule is CC[C@H](C)[C@H](NC(=O)O)C(=O)NCC1CCCN1C#N. The second kappa shape index (κ2) is 7.58. The van der Waals surface area contributed by atoms with Crippen LogP contribution < -0.4 is 10.6 Å². The standard InChI is InChI=1S/C13H22N4O3/c1-3-9(2)11(16-13(19)20)12(18)15-7-10-5-4-6-17(10)8-14/h9-11,16H,3-7H2,1-2H3,(H,15,18)(H,19,20)/t9-,10?,11-/m0/s1. The monoisotopic (exact) mass is 282 g/mol. The van der Waals surface area contributed by atoms with Crippen molar-refractivity contribution in [2.24, 2.45) is 5.92 Å². The first kappa shape index (κ1) is 16.1. The Kier molecular flexibility index (Phi) is 6.10. The molecule has 0 saturated carbocycles. The van der Waals surface area contributed by atoms with E-state index >= 15 is 0 Å². The zero-order valence-electron chi connectivity index (χ0n) is 11.9. The summed E-state index contributed by atoms with van der Waals surface area (Å²) in [5.74, 6) is -0.409. The summed E-state index contributed by atoms with van der Waals surface area (Å²) in [5, 5.41) is 22.7. The van der Waals surface area contributed by atoms with Crippen molar-refractivity contribution >= 4 is 12.0 Å². The van der Waals surface area contributed by atoms with Crippen LogP contribution in [0.15, 0.2) is 0 Å². The van der Waals surface area contributed by atoms with Gasteiger partial charge in [-0.2, -0.15) is 5.26 Å². The maximum atomic E-state index is 12.1. The van der Waals surface area contributed by atoms with E-state index in [2.05, 4.69) is 16.8 Å². The molecular formula is C13H22N4O3. The predicted octanol–water partition coefficient (Wildman–Crippen LogP) is 0.730. The van der Waals surface area contributed by atoms with Gasteiger partial charge in [0.05, 0.1) is 6.04 Å². The van der Waals surface area contributed by atoms with Crippen LogP contribution in [0.2, 0.25) is 0 Å². The zero-order chi connectivity index (χ0) is 15.1. The molecule has 2 amide bonds. The highest BCUT2D eigenvalue weighted by molar-refractivity contribution is 5.85. The molecule has 0 spiro atoms. The second-order valence-corrected chi connectivity index (χ2v) is 5.15. The van der Waals surface area contributed by atoms with Gasteiger partial charge in [0.25, 0.3) is 0 Å². The van der Waals surface area contributed by atoms with Crippen molar-refractivity contribution in [3.8, 4) is 6.19 Å². The molecular weight excluding hydrogens is 260 g/mol. The highest BCUT2D eigenvalue weighted by Gasteiger charge is 2.28. The first-order chi connectivity index (χ1) is 9.49. The third kappa shape index (κ3) is 4.30. The smallest absolute Gasteiger partial charge is 0.405 e. The minimum Gasteiger partial charge on any atom is -0.465 e. The summed E-state index contributed by atoms with van der Waals surface area (Å²) in [7, 11) is 0. The summed E-state index contributed by atoms with van der Waals surface area (Å²) in [6.07, 6.45) is 3.41. The van der Waals surface area contributed by atoms with Gasteiger partial charge in [-0.1, -0.05) is 20.3 Å². The third-order valence-electron chi connectivity index (χ3n) is 3.79. The molecule has 7 heteroatoms. The summed E-state index contributed by atoms with van der Waals surface area (Å²) in [4.78, 5) is 24.5. The molecule has 20 heavy (non-hydrogen) atoms. The van der Waals surface area contributed by atoms with Crippen molar-refractivity contribution in [1.82, 2.24) is 15.5 Å². The number of nitriles is 1. The normalized spacial score (nSPS) is 20.9. The molecule has 0 aromatic heterocycles. The van der Waals surface area contributed by atoms with E-state index in [9.17, 15) is 9.59 Å². The summed E-state index contributed by atoms with van der Waals surface area (Å²) in [5.41, 5.74) is 0. The molecule has 1 fully saturated rings. The summed E-state index contributed by atoms with van der Waals surface area (Å²) >= 11 is 0. The number of amides is 2. The Morgan fingerprint density at radius 2 is 2.25 bits per heavy atom. The van der Waals surface area contributed by atoms with Gasteiger partial charge in [0.15, 0.2) is 6.19 Å². The Balaban J connectivity index is 2.53. The van der Waals surface area contributed by atoms with Crippen LogP contribution in [-0.2, 0) is 4.79 Å². The molecule has 7 nitrogen and oxygen atoms in total. The lowest BCUT2D eigenvalue weighted by molar-refractivity contribution is -0.124. The van der Waals surface area contributed by atoms with E-state index < -0.39 is 12.1 Å². The fourth-order valence-corrected chi connectivity index (χ4v) is 2.34. The summed E-state index contributed by atoms with van der Waals surface area (Å²) in [6.45, 7) is 4.83. The summed E-state index contributed by atoms with van der Waals surface area (Å²) in [6, 6.07) is -0.735. The fourth-order valence-electron chi connectivity index (χ4n) is 2.34. The molecule has 0 aromatic rings. The Morgan fingerprint density at radius 3 is 2.80 bits per heavy atom. The minimum absolute atomic E-state index is 0.0198. The molecule has 0 bridgehead atoms. The number of nitrogens with zero attached hydrogens (tertiary/aromatic N) is 2. The van der Waals surface area contributed by atoms with Gasteiger partial charge < -0.3 is 20.6 Å². The van der Waals surface area contributed by atoms with Gasteiger partial charge in [-0.3, -0.25) is 4.79 Å². The van der Waals surface area contributed by atoms with Gasteiger partial charge in [-0.25, -0.2) is 4.79 Å². The van der Waals surface area contributed by atoms with E-state index in [1.807, 2.05) is 13.8 Å². The average molecular weight is 282 g/mol. The van der Waals surface area contributed by atoms with Gasteiger partial charge in [-0.05, 0) is 18.8 Å². The maximum Gasteiger partial charge on any atom is 0.405 e. The molecule has 1 aliphatic heterocycles. The van der Waals surface area contributed by atoms with Gasteiger partial charge >= 0.3 is 6.09 Å². The maximum absolute atomic E-state index is 12.1. The number of rotatable bonds is 6. The second-order valence-electron chi connectivity index (χ2n) is 5.15. The molecule has 1 unspecified atom stereocenters. The molecule has 1 aliphatic rings. The molecule has 112 valence electrons. The van der Waals surface area contributed by atoms with Crippen molar-refractivity contribution < 1.29 is 14.7 Å². The lowest BCUT2D eigenvalue weighted by atomic mass is 9.98. The number of hydrogen-bond acceptors (Lipinski definition) is 4. The summed E-state index contributed by atoms with van der Waals surface area (Å²) < 4.78 is 0. The molecule has 0 aromatic carbocycles. The Hall–Kier alpha value is -1.97. The van der Waals surface area contributed by atoms with Gasteiger partial charge in [0, 0.05) is 13.1 Å². The predicted molar refractivity (Wildman–Crippen MR) is 72.8 cm³/mol. The molecule has 0 aliphatic carbocycles. The van der Waals surface area contributed by atoms with E-state index in [1.165, 1.54) is 0 Å². The third-order valence-corrected chi connectivity index (χ3v) is 3.79. The molecule has 3 N–H and O–H groups in total. The minimum atomic E-state index is -1.20. The topological polar surface area (TPSA) is 105 Å². The first-order valence-electron chi connectivity index (χ1n) is 6.93. The highest BCUT2D eigenvalue weighted by atomic mass is 16.4. The molecule has 0 radical (unpaired) electrons. The average Bonchev–Trinajstić information content (AvgIpc) is 2.88. The number of carbonyl (C=O) groups excluding carboxylic acids is 1. The molecule has 1 rings (SSSR count). The van der Waals surface area contributed by atoms with Crippen molar-refractivity contribution in [2.75, 3.05) is 13.1 Å². The Morgan fingerprint density at radius 1 is 1.55 bits per heavy atom. The van der Waals surface area contributed by atoms with E-state index in [0.717, 1.165) is 19.4 Å². The number of carboxylic acid groups (broad SMARTS) is 1.